The predicted octanol–water partition coefficient (Wildman–Crippen LogP) is 2.73. The molecule has 1 rings (SSSR count). The number of thiophene rings is 1. The van der Waals surface area contributed by atoms with Gasteiger partial charge in [-0.2, -0.15) is 0 Å². The average Bonchev–Trinajstić information content (AvgIpc) is 2.31. The number of hydrogen-bond donors (Lipinski definition) is 0. The van der Waals surface area contributed by atoms with E-state index in [0.717, 1.165) is 0 Å². The Labute approximate surface area is 64.7 Å². The summed E-state index contributed by atoms with van der Waals surface area (Å²) in [5, 5.41) is 2.07. The van der Waals surface area contributed by atoms with Crippen LogP contribution in [0.4, 0.5) is 0 Å². The van der Waals surface area contributed by atoms with Crippen molar-refractivity contribution in [2.75, 3.05) is 0 Å². The standard InChI is InChI=1S/C8H9NS/c1-7-4-6-10-8(7)3-5-9-2/h3-6H,2H2,1H3/b5-3-. The fraction of sp³-hybridized carbons (Fsp3) is 0.125. The van der Waals surface area contributed by atoms with Gasteiger partial charge in [0.25, 0.3) is 0 Å². The molecule has 0 N–H and O–H groups in total. The molecule has 0 aliphatic carbocycles. The average molecular weight is 151 g/mol. The van der Waals surface area contributed by atoms with Crippen molar-refractivity contribution in [2.24, 2.45) is 4.99 Å². The predicted molar refractivity (Wildman–Crippen MR) is 47.6 cm³/mol. The molecule has 0 aliphatic rings. The first kappa shape index (κ1) is 7.22. The number of aliphatic imine (C=N–C) groups is 1. The molecule has 10 heavy (non-hydrogen) atoms. The summed E-state index contributed by atoms with van der Waals surface area (Å²) in [4.78, 5) is 4.88. The fourth-order valence-electron chi connectivity index (χ4n) is 0.676. The number of aryl methyl sites for hydroxylation is 1. The largest absolute Gasteiger partial charge is 0.272 e. The van der Waals surface area contributed by atoms with Crippen LogP contribution in [0.2, 0.25) is 0 Å². The summed E-state index contributed by atoms with van der Waals surface area (Å²) in [6, 6.07) is 2.09. The number of nitrogens with zero attached hydrogens (tertiary/aromatic N) is 1. The molecular formula is C8H9NS. The van der Waals surface area contributed by atoms with Gasteiger partial charge in [0.2, 0.25) is 0 Å². The van der Waals surface area contributed by atoms with E-state index in [1.165, 1.54) is 10.4 Å². The zero-order chi connectivity index (χ0) is 7.40. The molecule has 0 amide bonds. The van der Waals surface area contributed by atoms with Crippen molar-refractivity contribution < 1.29 is 0 Å². The molecule has 1 aromatic heterocycles. The van der Waals surface area contributed by atoms with Crippen molar-refractivity contribution in [3.05, 3.63) is 28.1 Å². The highest BCUT2D eigenvalue weighted by Crippen LogP contribution is 2.16. The number of hydrogen-bond acceptors (Lipinski definition) is 2. The van der Waals surface area contributed by atoms with Crippen LogP contribution in [-0.4, -0.2) is 6.72 Å². The topological polar surface area (TPSA) is 12.4 Å². The lowest BCUT2D eigenvalue weighted by molar-refractivity contribution is 1.53. The SMILES string of the molecule is C=N/C=C\c1sccc1C. The highest BCUT2D eigenvalue weighted by molar-refractivity contribution is 7.11. The first-order valence-corrected chi connectivity index (χ1v) is 3.89. The van der Waals surface area contributed by atoms with Crippen molar-refractivity contribution in [1.82, 2.24) is 0 Å². The van der Waals surface area contributed by atoms with Gasteiger partial charge in [0.15, 0.2) is 0 Å². The maximum Gasteiger partial charge on any atom is 0.0314 e. The molecule has 0 fully saturated rings. The maximum atomic E-state index is 3.63. The van der Waals surface area contributed by atoms with E-state index >= 15 is 0 Å². The normalized spacial score (nSPS) is 10.5. The van der Waals surface area contributed by atoms with Gasteiger partial charge >= 0.3 is 0 Å². The lowest BCUT2D eigenvalue weighted by Crippen LogP contribution is -1.64. The molecule has 0 saturated heterocycles. The molecule has 1 aromatic rings. The van der Waals surface area contributed by atoms with E-state index in [1.54, 1.807) is 17.5 Å². The van der Waals surface area contributed by atoms with Crippen molar-refractivity contribution >= 4 is 24.1 Å². The molecule has 0 atom stereocenters. The van der Waals surface area contributed by atoms with E-state index < -0.39 is 0 Å². The molecule has 1 heterocycles. The molecule has 1 nitrogen and oxygen atoms in total. The summed E-state index contributed by atoms with van der Waals surface area (Å²) in [5.41, 5.74) is 1.30. The third-order valence-corrected chi connectivity index (χ3v) is 2.22. The Balaban J connectivity index is 2.83. The van der Waals surface area contributed by atoms with Crippen LogP contribution in [0.3, 0.4) is 0 Å². The molecule has 2 heteroatoms. The second kappa shape index (κ2) is 3.32. The summed E-state index contributed by atoms with van der Waals surface area (Å²) < 4.78 is 0. The van der Waals surface area contributed by atoms with Crippen molar-refractivity contribution in [1.29, 1.82) is 0 Å². The van der Waals surface area contributed by atoms with Gasteiger partial charge in [-0.05, 0) is 36.7 Å². The van der Waals surface area contributed by atoms with Gasteiger partial charge in [-0.25, -0.2) is 0 Å². The summed E-state index contributed by atoms with van der Waals surface area (Å²) in [5.74, 6) is 0. The smallest absolute Gasteiger partial charge is 0.0314 e. The first-order valence-electron chi connectivity index (χ1n) is 3.01. The zero-order valence-corrected chi connectivity index (χ0v) is 6.69. The monoisotopic (exact) mass is 151 g/mol. The highest BCUT2D eigenvalue weighted by Gasteiger charge is 1.91. The van der Waals surface area contributed by atoms with Gasteiger partial charge in [-0.1, -0.05) is 0 Å². The van der Waals surface area contributed by atoms with Gasteiger partial charge in [0.1, 0.15) is 0 Å². The van der Waals surface area contributed by atoms with E-state index in [0.29, 0.717) is 0 Å². The third kappa shape index (κ3) is 1.54. The molecule has 52 valence electrons. The van der Waals surface area contributed by atoms with Crippen LogP contribution < -0.4 is 0 Å². The Morgan fingerprint density at radius 3 is 3.00 bits per heavy atom. The minimum atomic E-state index is 1.26. The summed E-state index contributed by atoms with van der Waals surface area (Å²) >= 11 is 1.71. The third-order valence-electron chi connectivity index (χ3n) is 1.23. The van der Waals surface area contributed by atoms with Crippen molar-refractivity contribution in [3.63, 3.8) is 0 Å². The van der Waals surface area contributed by atoms with Gasteiger partial charge in [-0.3, -0.25) is 4.99 Å². The minimum absolute atomic E-state index is 1.26. The van der Waals surface area contributed by atoms with Crippen LogP contribution >= 0.6 is 11.3 Å². The summed E-state index contributed by atoms with van der Waals surface area (Å²) in [6.45, 7) is 5.44. The highest BCUT2D eigenvalue weighted by atomic mass is 32.1. The van der Waals surface area contributed by atoms with Crippen LogP contribution in [0.25, 0.3) is 6.08 Å². The Bertz CT molecular complexity index is 248. The lowest BCUT2D eigenvalue weighted by Gasteiger charge is -1.84. The number of rotatable bonds is 2. The summed E-state index contributed by atoms with van der Waals surface area (Å²) in [7, 11) is 0. The Morgan fingerprint density at radius 2 is 2.50 bits per heavy atom. The van der Waals surface area contributed by atoms with Gasteiger partial charge in [-0.15, -0.1) is 11.3 Å². The first-order chi connectivity index (χ1) is 4.84. The van der Waals surface area contributed by atoms with E-state index in [-0.39, 0.29) is 0 Å². The van der Waals surface area contributed by atoms with E-state index in [2.05, 4.69) is 30.1 Å². The molecular weight excluding hydrogens is 142 g/mol. The molecule has 0 spiro atoms. The van der Waals surface area contributed by atoms with Crippen LogP contribution in [-0.2, 0) is 0 Å². The lowest BCUT2D eigenvalue weighted by atomic mass is 10.3. The molecule has 0 bridgehead atoms. The zero-order valence-electron chi connectivity index (χ0n) is 5.87. The molecule has 0 aromatic carbocycles. The summed E-state index contributed by atoms with van der Waals surface area (Å²) in [6.07, 6.45) is 3.67. The van der Waals surface area contributed by atoms with E-state index in [1.807, 2.05) is 6.08 Å². The second-order valence-corrected chi connectivity index (χ2v) is 2.91. The van der Waals surface area contributed by atoms with Crippen LogP contribution in [0.5, 0.6) is 0 Å². The molecule has 0 saturated carbocycles. The second-order valence-electron chi connectivity index (χ2n) is 1.97. The molecule has 0 unspecified atom stereocenters. The van der Waals surface area contributed by atoms with Crippen molar-refractivity contribution in [2.45, 2.75) is 6.92 Å². The quantitative estimate of drug-likeness (QED) is 0.576. The van der Waals surface area contributed by atoms with Gasteiger partial charge in [0.05, 0.1) is 0 Å². The van der Waals surface area contributed by atoms with Crippen molar-refractivity contribution in [3.8, 4) is 0 Å². The van der Waals surface area contributed by atoms with E-state index in [9.17, 15) is 0 Å². The fourth-order valence-corrected chi connectivity index (χ4v) is 1.49. The Kier molecular flexibility index (Phi) is 2.40. The van der Waals surface area contributed by atoms with Gasteiger partial charge in [0, 0.05) is 11.1 Å². The van der Waals surface area contributed by atoms with E-state index in [4.69, 9.17) is 0 Å². The maximum absolute atomic E-state index is 3.63. The van der Waals surface area contributed by atoms with Crippen LogP contribution in [0.15, 0.2) is 22.6 Å². The molecule has 0 radical (unpaired) electrons. The Morgan fingerprint density at radius 1 is 1.70 bits per heavy atom. The molecule has 0 aliphatic heterocycles. The van der Waals surface area contributed by atoms with Gasteiger partial charge < -0.3 is 0 Å². The minimum Gasteiger partial charge on any atom is -0.272 e. The Hall–Kier alpha value is -0.890. The van der Waals surface area contributed by atoms with Crippen LogP contribution in [0, 0.1) is 6.92 Å². The van der Waals surface area contributed by atoms with Crippen LogP contribution in [0.1, 0.15) is 10.4 Å².